The Labute approximate surface area is 271 Å². The van der Waals surface area contributed by atoms with Crippen LogP contribution in [0.4, 0.5) is 5.69 Å². The van der Waals surface area contributed by atoms with Gasteiger partial charge in [-0.2, -0.15) is 0 Å². The summed E-state index contributed by atoms with van der Waals surface area (Å²) < 4.78 is 29.5. The fraction of sp³-hybridized carbons (Fsp3) is 0.278. The summed E-state index contributed by atoms with van der Waals surface area (Å²) in [7, 11) is -4.20. The highest BCUT2D eigenvalue weighted by atomic mass is 35.5. The van der Waals surface area contributed by atoms with E-state index in [1.54, 1.807) is 25.1 Å². The molecule has 0 unspecified atom stereocenters. The van der Waals surface area contributed by atoms with Crippen molar-refractivity contribution in [1.29, 1.82) is 0 Å². The van der Waals surface area contributed by atoms with Crippen molar-refractivity contribution >= 4 is 39.1 Å². The number of nitrogens with zero attached hydrogens (tertiary/aromatic N) is 2. The minimum atomic E-state index is -4.20. The Morgan fingerprint density at radius 2 is 1.44 bits per heavy atom. The lowest BCUT2D eigenvalue weighted by atomic mass is 10.0. The highest BCUT2D eigenvalue weighted by molar-refractivity contribution is 7.92. The number of benzene rings is 4. The number of halogens is 1. The second kappa shape index (κ2) is 15.2. The fourth-order valence-electron chi connectivity index (χ4n) is 4.98. The predicted octanol–water partition coefficient (Wildman–Crippen LogP) is 6.71. The van der Waals surface area contributed by atoms with E-state index in [1.165, 1.54) is 29.2 Å². The van der Waals surface area contributed by atoms with E-state index in [2.05, 4.69) is 5.32 Å². The number of carbonyl (C=O) groups is 2. The smallest absolute Gasteiger partial charge is 0.264 e. The molecule has 0 aliphatic carbocycles. The summed E-state index contributed by atoms with van der Waals surface area (Å²) in [6.07, 6.45) is 0.977. The minimum Gasteiger partial charge on any atom is -0.352 e. The lowest BCUT2D eigenvalue weighted by Gasteiger charge is -2.34. The molecule has 0 aliphatic heterocycles. The molecule has 0 radical (unpaired) electrons. The maximum Gasteiger partial charge on any atom is 0.264 e. The highest BCUT2D eigenvalue weighted by Crippen LogP contribution is 2.28. The van der Waals surface area contributed by atoms with Crippen LogP contribution >= 0.6 is 11.6 Å². The number of anilines is 1. The van der Waals surface area contributed by atoms with Crippen molar-refractivity contribution in [2.45, 2.75) is 64.1 Å². The van der Waals surface area contributed by atoms with E-state index in [9.17, 15) is 18.0 Å². The van der Waals surface area contributed by atoms with Gasteiger partial charge in [0.1, 0.15) is 12.6 Å². The van der Waals surface area contributed by atoms with Crippen molar-refractivity contribution in [2.75, 3.05) is 10.8 Å². The minimum absolute atomic E-state index is 0.00314. The molecular weight excluding hydrogens is 606 g/mol. The molecule has 0 spiro atoms. The van der Waals surface area contributed by atoms with Gasteiger partial charge in [-0.1, -0.05) is 96.9 Å². The Hall–Kier alpha value is -4.14. The third kappa shape index (κ3) is 8.74. The zero-order valence-electron chi connectivity index (χ0n) is 26.1. The molecule has 2 atom stereocenters. The topological polar surface area (TPSA) is 86.8 Å². The molecule has 7 nitrogen and oxygen atoms in total. The molecule has 1 N–H and O–H groups in total. The summed E-state index contributed by atoms with van der Waals surface area (Å²) in [5.41, 5.74) is 3.83. The van der Waals surface area contributed by atoms with Crippen LogP contribution in [0.15, 0.2) is 108 Å². The van der Waals surface area contributed by atoms with E-state index < -0.39 is 28.5 Å². The average Bonchev–Trinajstić information content (AvgIpc) is 3.03. The summed E-state index contributed by atoms with van der Waals surface area (Å²) in [4.78, 5) is 30.0. The lowest BCUT2D eigenvalue weighted by Crippen LogP contribution is -2.54. The molecule has 2 amide bonds. The zero-order valence-corrected chi connectivity index (χ0v) is 27.7. The number of hydrogen-bond acceptors (Lipinski definition) is 4. The van der Waals surface area contributed by atoms with Crippen LogP contribution in [0.25, 0.3) is 0 Å². The maximum absolute atomic E-state index is 14.6. The molecule has 4 aromatic rings. The van der Waals surface area contributed by atoms with Gasteiger partial charge in [-0.3, -0.25) is 13.9 Å². The summed E-state index contributed by atoms with van der Waals surface area (Å²) >= 11 is 6.07. The fourth-order valence-corrected chi connectivity index (χ4v) is 6.58. The van der Waals surface area contributed by atoms with Crippen LogP contribution in [0.5, 0.6) is 0 Å². The van der Waals surface area contributed by atoms with E-state index >= 15 is 0 Å². The van der Waals surface area contributed by atoms with Crippen molar-refractivity contribution in [3.63, 3.8) is 0 Å². The molecule has 4 aromatic carbocycles. The quantitative estimate of drug-likeness (QED) is 0.175. The van der Waals surface area contributed by atoms with Gasteiger partial charge < -0.3 is 10.2 Å². The summed E-state index contributed by atoms with van der Waals surface area (Å²) in [5, 5.41) is 3.45. The first kappa shape index (κ1) is 33.7. The Balaban J connectivity index is 1.81. The molecular formula is C36H40ClN3O4S. The second-order valence-electron chi connectivity index (χ2n) is 11.3. The number of para-hydroxylation sites is 1. The highest BCUT2D eigenvalue weighted by Gasteiger charge is 2.35. The van der Waals surface area contributed by atoms with Gasteiger partial charge >= 0.3 is 0 Å². The molecule has 45 heavy (non-hydrogen) atoms. The first-order chi connectivity index (χ1) is 21.5. The number of aryl methyl sites for hydroxylation is 2. The van der Waals surface area contributed by atoms with Gasteiger partial charge in [0.05, 0.1) is 10.6 Å². The van der Waals surface area contributed by atoms with E-state index in [0.717, 1.165) is 27.4 Å². The second-order valence-corrected chi connectivity index (χ2v) is 13.6. The third-order valence-electron chi connectivity index (χ3n) is 7.81. The summed E-state index contributed by atoms with van der Waals surface area (Å²) in [6.45, 7) is 7.28. The number of nitrogens with one attached hydrogen (secondary N) is 1. The van der Waals surface area contributed by atoms with E-state index in [-0.39, 0.29) is 29.8 Å². The molecule has 0 aromatic heterocycles. The normalized spacial score (nSPS) is 12.6. The monoisotopic (exact) mass is 645 g/mol. The average molecular weight is 646 g/mol. The standard InChI is InChI=1S/C36H40ClN3O4S/c1-5-28(4)38-36(42)34(23-29-12-7-6-8-13-29)39(24-30-17-15-26(2)16-18-30)35(41)25-40(33-14-10-9-11-27(33)3)45(43,44)32-21-19-31(37)20-22-32/h6-22,28,34H,5,23-25H2,1-4H3,(H,38,42)/t28-,34+/m1/s1. The molecule has 0 fully saturated rings. The van der Waals surface area contributed by atoms with Gasteiger partial charge in [0.25, 0.3) is 10.0 Å². The van der Waals surface area contributed by atoms with Crippen LogP contribution in [0.3, 0.4) is 0 Å². The summed E-state index contributed by atoms with van der Waals surface area (Å²) in [5.74, 6) is -0.798. The first-order valence-electron chi connectivity index (χ1n) is 15.0. The van der Waals surface area contributed by atoms with Gasteiger partial charge in [-0.25, -0.2) is 8.42 Å². The van der Waals surface area contributed by atoms with Crippen molar-refractivity contribution in [1.82, 2.24) is 10.2 Å². The Bertz CT molecular complexity index is 1690. The molecule has 9 heteroatoms. The SMILES string of the molecule is CC[C@@H](C)NC(=O)[C@H](Cc1ccccc1)N(Cc1ccc(C)cc1)C(=O)CN(c1ccccc1C)S(=O)(=O)c1ccc(Cl)cc1. The van der Waals surface area contributed by atoms with Crippen molar-refractivity contribution < 1.29 is 18.0 Å². The number of rotatable bonds is 13. The van der Waals surface area contributed by atoms with Crippen LogP contribution in [-0.2, 0) is 32.6 Å². The van der Waals surface area contributed by atoms with Crippen LogP contribution in [0, 0.1) is 13.8 Å². The maximum atomic E-state index is 14.6. The van der Waals surface area contributed by atoms with Crippen molar-refractivity contribution in [3.05, 3.63) is 130 Å². The van der Waals surface area contributed by atoms with Crippen LogP contribution in [0.2, 0.25) is 5.02 Å². The summed E-state index contributed by atoms with van der Waals surface area (Å²) in [6, 6.07) is 29.1. The Morgan fingerprint density at radius 3 is 2.07 bits per heavy atom. The molecule has 4 rings (SSSR count). The van der Waals surface area contributed by atoms with Crippen LogP contribution in [-0.4, -0.2) is 43.8 Å². The van der Waals surface area contributed by atoms with E-state index in [0.29, 0.717) is 16.3 Å². The van der Waals surface area contributed by atoms with Gasteiger partial charge in [0.15, 0.2) is 0 Å². The van der Waals surface area contributed by atoms with Gasteiger partial charge in [0.2, 0.25) is 11.8 Å². The van der Waals surface area contributed by atoms with E-state index in [1.807, 2.05) is 81.4 Å². The Kier molecular flexibility index (Phi) is 11.4. The van der Waals surface area contributed by atoms with Gasteiger partial charge in [0, 0.05) is 24.0 Å². The molecule has 0 bridgehead atoms. The van der Waals surface area contributed by atoms with Crippen LogP contribution in [0.1, 0.15) is 42.5 Å². The number of sulfonamides is 1. The molecule has 0 saturated heterocycles. The van der Waals surface area contributed by atoms with E-state index in [4.69, 9.17) is 11.6 Å². The number of amides is 2. The molecule has 0 aliphatic rings. The van der Waals surface area contributed by atoms with Crippen molar-refractivity contribution in [3.8, 4) is 0 Å². The van der Waals surface area contributed by atoms with Crippen molar-refractivity contribution in [2.24, 2.45) is 0 Å². The molecule has 0 saturated carbocycles. The molecule has 0 heterocycles. The lowest BCUT2D eigenvalue weighted by molar-refractivity contribution is -0.140. The first-order valence-corrected chi connectivity index (χ1v) is 16.8. The largest absolute Gasteiger partial charge is 0.352 e. The number of hydrogen-bond donors (Lipinski definition) is 1. The molecule has 236 valence electrons. The third-order valence-corrected chi connectivity index (χ3v) is 9.84. The predicted molar refractivity (Wildman–Crippen MR) is 181 cm³/mol. The van der Waals surface area contributed by atoms with Crippen LogP contribution < -0.4 is 9.62 Å². The zero-order chi connectivity index (χ0) is 32.6. The van der Waals surface area contributed by atoms with Gasteiger partial charge in [-0.05, 0) is 74.2 Å². The Morgan fingerprint density at radius 1 is 0.822 bits per heavy atom. The number of carbonyl (C=O) groups excluding carboxylic acids is 2. The van der Waals surface area contributed by atoms with Gasteiger partial charge in [-0.15, -0.1) is 0 Å².